The van der Waals surface area contributed by atoms with Crippen molar-refractivity contribution in [2.24, 2.45) is 5.92 Å². The largest absolute Gasteiger partial charge is 0.347 e. The molecular formula is C18H17BrN4OS. The van der Waals surface area contributed by atoms with Crippen molar-refractivity contribution >= 4 is 54.3 Å². The molecule has 25 heavy (non-hydrogen) atoms. The van der Waals surface area contributed by atoms with E-state index in [1.807, 2.05) is 36.4 Å². The molecule has 1 fully saturated rings. The number of halogens is 1. The van der Waals surface area contributed by atoms with E-state index in [-0.39, 0.29) is 11.8 Å². The monoisotopic (exact) mass is 416 g/mol. The fourth-order valence-electron chi connectivity index (χ4n) is 3.04. The summed E-state index contributed by atoms with van der Waals surface area (Å²) in [4.78, 5) is 24.8. The number of anilines is 2. The number of fused-ring (bicyclic) bond motifs is 1. The van der Waals surface area contributed by atoms with Gasteiger partial charge in [0, 0.05) is 29.4 Å². The van der Waals surface area contributed by atoms with Crippen LogP contribution < -0.4 is 10.2 Å². The first-order valence-corrected chi connectivity index (χ1v) is 9.83. The number of piperidine rings is 1. The molecule has 1 unspecified atom stereocenters. The molecule has 1 aromatic carbocycles. The Balaban J connectivity index is 1.46. The summed E-state index contributed by atoms with van der Waals surface area (Å²) < 4.78 is 0.999. The van der Waals surface area contributed by atoms with E-state index in [1.54, 1.807) is 17.5 Å². The zero-order valence-electron chi connectivity index (χ0n) is 13.5. The van der Waals surface area contributed by atoms with E-state index in [0.717, 1.165) is 45.0 Å². The molecule has 0 bridgehead atoms. The van der Waals surface area contributed by atoms with E-state index in [2.05, 4.69) is 36.1 Å². The molecule has 1 saturated heterocycles. The van der Waals surface area contributed by atoms with Crippen LogP contribution in [0.4, 0.5) is 10.8 Å². The van der Waals surface area contributed by atoms with Gasteiger partial charge in [-0.25, -0.2) is 9.97 Å². The number of hydrogen-bond acceptors (Lipinski definition) is 5. The van der Waals surface area contributed by atoms with E-state index in [1.165, 1.54) is 0 Å². The third kappa shape index (κ3) is 3.67. The summed E-state index contributed by atoms with van der Waals surface area (Å²) in [7, 11) is 0. The van der Waals surface area contributed by atoms with E-state index < -0.39 is 0 Å². The highest BCUT2D eigenvalue weighted by molar-refractivity contribution is 9.10. The van der Waals surface area contributed by atoms with Crippen LogP contribution in [0.2, 0.25) is 0 Å². The van der Waals surface area contributed by atoms with E-state index >= 15 is 0 Å². The van der Waals surface area contributed by atoms with Crippen molar-refractivity contribution in [2.75, 3.05) is 23.3 Å². The molecule has 3 heterocycles. The summed E-state index contributed by atoms with van der Waals surface area (Å²) in [5, 5.41) is 3.98. The highest BCUT2D eigenvalue weighted by Crippen LogP contribution is 2.30. The van der Waals surface area contributed by atoms with Crippen LogP contribution in [0.25, 0.3) is 10.3 Å². The fourth-order valence-corrected chi connectivity index (χ4v) is 4.24. The quantitative estimate of drug-likeness (QED) is 0.690. The molecule has 5 nitrogen and oxygen atoms in total. The zero-order valence-corrected chi connectivity index (χ0v) is 15.9. The molecule has 128 valence electrons. The Kier molecular flexibility index (Phi) is 4.67. The lowest BCUT2D eigenvalue weighted by Crippen LogP contribution is -2.40. The average molecular weight is 417 g/mol. The Morgan fingerprint density at radius 3 is 2.92 bits per heavy atom. The minimum atomic E-state index is -0.0302. The Hall–Kier alpha value is -1.99. The fraction of sp³-hybridized carbons (Fsp3) is 0.278. The van der Waals surface area contributed by atoms with Gasteiger partial charge in [-0.2, -0.15) is 0 Å². The summed E-state index contributed by atoms with van der Waals surface area (Å²) in [6.07, 6.45) is 3.68. The van der Waals surface area contributed by atoms with Crippen molar-refractivity contribution in [3.05, 3.63) is 47.1 Å². The maximum absolute atomic E-state index is 12.6. The van der Waals surface area contributed by atoms with Crippen molar-refractivity contribution in [2.45, 2.75) is 12.8 Å². The van der Waals surface area contributed by atoms with Crippen molar-refractivity contribution in [3.63, 3.8) is 0 Å². The van der Waals surface area contributed by atoms with Gasteiger partial charge in [-0.15, -0.1) is 0 Å². The van der Waals surface area contributed by atoms with Gasteiger partial charge in [0.25, 0.3) is 0 Å². The topological polar surface area (TPSA) is 58.1 Å². The highest BCUT2D eigenvalue weighted by atomic mass is 79.9. The van der Waals surface area contributed by atoms with Crippen LogP contribution in [0.3, 0.4) is 0 Å². The second kappa shape index (κ2) is 7.09. The van der Waals surface area contributed by atoms with E-state index in [4.69, 9.17) is 0 Å². The lowest BCUT2D eigenvalue weighted by molar-refractivity contribution is -0.120. The second-order valence-corrected chi connectivity index (χ2v) is 7.98. The number of nitrogens with one attached hydrogen (secondary N) is 1. The number of amides is 1. The van der Waals surface area contributed by atoms with E-state index in [0.29, 0.717) is 6.54 Å². The molecular weight excluding hydrogens is 400 g/mol. The van der Waals surface area contributed by atoms with Gasteiger partial charge < -0.3 is 10.2 Å². The molecule has 2 aromatic heterocycles. The van der Waals surface area contributed by atoms with Gasteiger partial charge in [0.15, 0.2) is 5.13 Å². The Bertz CT molecular complexity index is 862. The van der Waals surface area contributed by atoms with Gasteiger partial charge in [-0.05, 0) is 49.2 Å². The van der Waals surface area contributed by atoms with Gasteiger partial charge in [0.05, 0.1) is 5.92 Å². The first-order chi connectivity index (χ1) is 12.2. The van der Waals surface area contributed by atoms with Crippen LogP contribution in [-0.4, -0.2) is 29.0 Å². The summed E-state index contributed by atoms with van der Waals surface area (Å²) >= 11 is 5.00. The molecule has 1 aliphatic heterocycles. The normalized spacial score (nSPS) is 17.6. The first kappa shape index (κ1) is 16.5. The second-order valence-electron chi connectivity index (χ2n) is 6.11. The standard InChI is InChI=1S/C18H17BrN4OS/c19-13-5-7-14(8-6-13)21-16(24)12-3-2-10-23(11-12)18-22-15-4-1-9-20-17(15)25-18/h1,4-9,12H,2-3,10-11H2,(H,21,24). The van der Waals surface area contributed by atoms with Crippen LogP contribution in [0.15, 0.2) is 47.1 Å². The number of hydrogen-bond donors (Lipinski definition) is 1. The molecule has 0 radical (unpaired) electrons. The third-order valence-corrected chi connectivity index (χ3v) is 5.90. The van der Waals surface area contributed by atoms with Crippen LogP contribution in [0.1, 0.15) is 12.8 Å². The maximum atomic E-state index is 12.6. The van der Waals surface area contributed by atoms with Crippen LogP contribution >= 0.6 is 27.3 Å². The van der Waals surface area contributed by atoms with Crippen LogP contribution in [-0.2, 0) is 4.79 Å². The number of aromatic nitrogens is 2. The molecule has 0 aliphatic carbocycles. The Morgan fingerprint density at radius 1 is 1.28 bits per heavy atom. The molecule has 0 spiro atoms. The number of rotatable bonds is 3. The maximum Gasteiger partial charge on any atom is 0.229 e. The minimum absolute atomic E-state index is 0.0302. The van der Waals surface area contributed by atoms with Gasteiger partial charge in [-0.3, -0.25) is 4.79 Å². The Morgan fingerprint density at radius 2 is 2.12 bits per heavy atom. The zero-order chi connectivity index (χ0) is 17.2. The SMILES string of the molecule is O=C(Nc1ccc(Br)cc1)C1CCCN(c2nc3cccnc3s2)C1. The third-order valence-electron chi connectivity index (χ3n) is 4.33. The molecule has 1 N–H and O–H groups in total. The number of benzene rings is 1. The van der Waals surface area contributed by atoms with Crippen LogP contribution in [0, 0.1) is 5.92 Å². The van der Waals surface area contributed by atoms with Gasteiger partial charge in [-0.1, -0.05) is 27.3 Å². The van der Waals surface area contributed by atoms with Crippen molar-refractivity contribution in [3.8, 4) is 0 Å². The van der Waals surface area contributed by atoms with Crippen molar-refractivity contribution < 1.29 is 4.79 Å². The number of carbonyl (C=O) groups excluding carboxylic acids is 1. The van der Waals surface area contributed by atoms with Gasteiger partial charge in [0.2, 0.25) is 5.91 Å². The predicted octanol–water partition coefficient (Wildman–Crippen LogP) is 4.31. The van der Waals surface area contributed by atoms with Crippen molar-refractivity contribution in [1.82, 2.24) is 9.97 Å². The lowest BCUT2D eigenvalue weighted by Gasteiger charge is -2.31. The minimum Gasteiger partial charge on any atom is -0.347 e. The molecule has 1 amide bonds. The summed E-state index contributed by atoms with van der Waals surface area (Å²) in [5.41, 5.74) is 1.75. The van der Waals surface area contributed by atoms with Gasteiger partial charge >= 0.3 is 0 Å². The number of thiazole rings is 1. The smallest absolute Gasteiger partial charge is 0.229 e. The van der Waals surface area contributed by atoms with Crippen molar-refractivity contribution in [1.29, 1.82) is 0 Å². The van der Waals surface area contributed by atoms with Crippen LogP contribution in [0.5, 0.6) is 0 Å². The molecule has 7 heteroatoms. The molecule has 1 atom stereocenters. The summed E-state index contributed by atoms with van der Waals surface area (Å²) in [6.45, 7) is 1.63. The molecule has 3 aromatic rings. The number of pyridine rings is 1. The summed E-state index contributed by atoms with van der Waals surface area (Å²) in [5.74, 6) is 0.0450. The van der Waals surface area contributed by atoms with Gasteiger partial charge in [0.1, 0.15) is 10.3 Å². The highest BCUT2D eigenvalue weighted by Gasteiger charge is 2.27. The Labute approximate surface area is 158 Å². The average Bonchev–Trinajstić information content (AvgIpc) is 3.08. The predicted molar refractivity (Wildman–Crippen MR) is 105 cm³/mol. The number of nitrogens with zero attached hydrogens (tertiary/aromatic N) is 3. The molecule has 0 saturated carbocycles. The van der Waals surface area contributed by atoms with E-state index in [9.17, 15) is 4.79 Å². The lowest BCUT2D eigenvalue weighted by atomic mass is 9.97. The molecule has 4 rings (SSSR count). The molecule has 1 aliphatic rings. The summed E-state index contributed by atoms with van der Waals surface area (Å²) in [6, 6.07) is 11.5. The number of carbonyl (C=O) groups is 1. The first-order valence-electron chi connectivity index (χ1n) is 8.22.